The number of benzene rings is 1. The van der Waals surface area contributed by atoms with Crippen LogP contribution in [-0.2, 0) is 6.54 Å². The lowest BCUT2D eigenvalue weighted by Crippen LogP contribution is -2.11. The average Bonchev–Trinajstić information content (AvgIpc) is 2.76. The first-order valence-corrected chi connectivity index (χ1v) is 5.95. The molecule has 2 rings (SSSR count). The molecule has 0 amide bonds. The van der Waals surface area contributed by atoms with E-state index >= 15 is 0 Å². The van der Waals surface area contributed by atoms with E-state index in [1.165, 1.54) is 6.07 Å². The van der Waals surface area contributed by atoms with Gasteiger partial charge in [-0.15, -0.1) is 10.2 Å². The Morgan fingerprint density at radius 1 is 1.33 bits per heavy atom. The van der Waals surface area contributed by atoms with Gasteiger partial charge in [-0.3, -0.25) is 0 Å². The molecule has 1 aromatic heterocycles. The summed E-state index contributed by atoms with van der Waals surface area (Å²) in [6.45, 7) is 6.10. The second-order valence-corrected chi connectivity index (χ2v) is 4.57. The Morgan fingerprint density at radius 3 is 2.61 bits per heavy atom. The van der Waals surface area contributed by atoms with E-state index in [1.54, 1.807) is 13.0 Å². The molecular formula is C13H17FN4. The zero-order valence-corrected chi connectivity index (χ0v) is 10.8. The monoisotopic (exact) mass is 248 g/mol. The van der Waals surface area contributed by atoms with Gasteiger partial charge in [0.25, 0.3) is 0 Å². The van der Waals surface area contributed by atoms with Gasteiger partial charge >= 0.3 is 0 Å². The van der Waals surface area contributed by atoms with E-state index in [0.717, 1.165) is 5.56 Å². The van der Waals surface area contributed by atoms with E-state index in [0.29, 0.717) is 23.8 Å². The topological polar surface area (TPSA) is 56.7 Å². The molecule has 0 radical (unpaired) electrons. The van der Waals surface area contributed by atoms with E-state index in [1.807, 2.05) is 24.5 Å². The highest BCUT2D eigenvalue weighted by Crippen LogP contribution is 2.24. The molecule has 0 spiro atoms. The van der Waals surface area contributed by atoms with Gasteiger partial charge in [-0.25, -0.2) is 4.39 Å². The first-order valence-electron chi connectivity index (χ1n) is 5.95. The van der Waals surface area contributed by atoms with Crippen LogP contribution in [0.4, 0.5) is 4.39 Å². The van der Waals surface area contributed by atoms with Crippen molar-refractivity contribution in [1.82, 2.24) is 14.8 Å². The zero-order chi connectivity index (χ0) is 13.3. The predicted molar refractivity (Wildman–Crippen MR) is 68.4 cm³/mol. The Labute approximate surface area is 106 Å². The van der Waals surface area contributed by atoms with Crippen LogP contribution in [0.5, 0.6) is 0 Å². The molecule has 2 aromatic rings. The summed E-state index contributed by atoms with van der Waals surface area (Å²) < 4.78 is 15.5. The van der Waals surface area contributed by atoms with Crippen LogP contribution in [0.15, 0.2) is 18.2 Å². The van der Waals surface area contributed by atoms with Crippen molar-refractivity contribution in [2.24, 2.45) is 5.73 Å². The zero-order valence-electron chi connectivity index (χ0n) is 10.8. The van der Waals surface area contributed by atoms with Gasteiger partial charge in [0, 0.05) is 11.6 Å². The number of hydrogen-bond acceptors (Lipinski definition) is 3. The molecule has 0 fully saturated rings. The van der Waals surface area contributed by atoms with Crippen LogP contribution in [0.3, 0.4) is 0 Å². The van der Waals surface area contributed by atoms with Gasteiger partial charge in [0.2, 0.25) is 0 Å². The van der Waals surface area contributed by atoms with Crippen molar-refractivity contribution in [3.63, 3.8) is 0 Å². The third-order valence-corrected chi connectivity index (χ3v) is 2.90. The number of nitrogens with zero attached hydrogens (tertiary/aromatic N) is 3. The number of nitrogens with two attached hydrogens (primary N) is 1. The SMILES string of the molecule is Cc1ccc(-c2nnc(CN)n2C(C)C)cc1F. The number of rotatable bonds is 3. The second kappa shape index (κ2) is 4.86. The van der Waals surface area contributed by atoms with Crippen LogP contribution < -0.4 is 5.73 Å². The Bertz CT molecular complexity index is 560. The van der Waals surface area contributed by atoms with Gasteiger partial charge in [-0.05, 0) is 32.4 Å². The molecule has 0 bridgehead atoms. The van der Waals surface area contributed by atoms with Crippen LogP contribution in [0.25, 0.3) is 11.4 Å². The third kappa shape index (κ3) is 2.13. The van der Waals surface area contributed by atoms with Crippen molar-refractivity contribution in [2.75, 3.05) is 0 Å². The first-order chi connectivity index (χ1) is 8.54. The van der Waals surface area contributed by atoms with Crippen LogP contribution in [0.2, 0.25) is 0 Å². The molecule has 4 nitrogen and oxygen atoms in total. The molecule has 0 aliphatic heterocycles. The Hall–Kier alpha value is -1.75. The first kappa shape index (κ1) is 12.7. The molecule has 0 saturated carbocycles. The lowest BCUT2D eigenvalue weighted by atomic mass is 10.1. The fourth-order valence-corrected chi connectivity index (χ4v) is 1.93. The number of hydrogen-bond donors (Lipinski definition) is 1. The predicted octanol–water partition coefficient (Wildman–Crippen LogP) is 2.43. The van der Waals surface area contributed by atoms with Gasteiger partial charge < -0.3 is 10.3 Å². The quantitative estimate of drug-likeness (QED) is 0.907. The average molecular weight is 248 g/mol. The van der Waals surface area contributed by atoms with E-state index in [9.17, 15) is 4.39 Å². The minimum absolute atomic E-state index is 0.179. The summed E-state index contributed by atoms with van der Waals surface area (Å²) in [6, 6.07) is 5.25. The highest BCUT2D eigenvalue weighted by Gasteiger charge is 2.15. The summed E-state index contributed by atoms with van der Waals surface area (Å²) in [6.07, 6.45) is 0. The van der Waals surface area contributed by atoms with Crippen LogP contribution in [0.1, 0.15) is 31.3 Å². The fraction of sp³-hybridized carbons (Fsp3) is 0.385. The number of halogens is 1. The van der Waals surface area contributed by atoms with Gasteiger partial charge in [-0.1, -0.05) is 12.1 Å². The Kier molecular flexibility index (Phi) is 3.43. The number of aryl methyl sites for hydroxylation is 1. The molecule has 18 heavy (non-hydrogen) atoms. The van der Waals surface area contributed by atoms with Gasteiger partial charge in [-0.2, -0.15) is 0 Å². The minimum atomic E-state index is -0.236. The summed E-state index contributed by atoms with van der Waals surface area (Å²) in [7, 11) is 0. The van der Waals surface area contributed by atoms with E-state index in [4.69, 9.17) is 5.73 Å². The highest BCUT2D eigenvalue weighted by atomic mass is 19.1. The van der Waals surface area contributed by atoms with E-state index in [-0.39, 0.29) is 11.9 Å². The van der Waals surface area contributed by atoms with Crippen molar-refractivity contribution in [3.8, 4) is 11.4 Å². The smallest absolute Gasteiger partial charge is 0.164 e. The summed E-state index contributed by atoms with van der Waals surface area (Å²) in [5.41, 5.74) is 6.98. The van der Waals surface area contributed by atoms with Crippen LogP contribution in [-0.4, -0.2) is 14.8 Å². The van der Waals surface area contributed by atoms with Crippen molar-refractivity contribution in [2.45, 2.75) is 33.4 Å². The summed E-state index contributed by atoms with van der Waals surface area (Å²) in [5.74, 6) is 1.13. The molecule has 2 N–H and O–H groups in total. The van der Waals surface area contributed by atoms with Crippen LogP contribution >= 0.6 is 0 Å². The van der Waals surface area contributed by atoms with Crippen molar-refractivity contribution in [3.05, 3.63) is 35.4 Å². The molecule has 0 aliphatic rings. The molecule has 96 valence electrons. The molecule has 0 unspecified atom stereocenters. The summed E-state index contributed by atoms with van der Waals surface area (Å²) in [5, 5.41) is 8.17. The Balaban J connectivity index is 2.56. The molecule has 0 atom stereocenters. The van der Waals surface area contributed by atoms with Crippen molar-refractivity contribution >= 4 is 0 Å². The lowest BCUT2D eigenvalue weighted by molar-refractivity contribution is 0.573. The van der Waals surface area contributed by atoms with Gasteiger partial charge in [0.15, 0.2) is 5.82 Å². The third-order valence-electron chi connectivity index (χ3n) is 2.90. The maximum absolute atomic E-state index is 13.6. The van der Waals surface area contributed by atoms with Crippen molar-refractivity contribution < 1.29 is 4.39 Å². The summed E-state index contributed by atoms with van der Waals surface area (Å²) in [4.78, 5) is 0. The molecular weight excluding hydrogens is 231 g/mol. The van der Waals surface area contributed by atoms with Gasteiger partial charge in [0.1, 0.15) is 11.6 Å². The standard InChI is InChI=1S/C13H17FN4/c1-8(2)18-12(7-15)16-17-13(18)10-5-4-9(3)11(14)6-10/h4-6,8H,7,15H2,1-3H3. The molecule has 0 saturated heterocycles. The highest BCUT2D eigenvalue weighted by molar-refractivity contribution is 5.56. The van der Waals surface area contributed by atoms with E-state index < -0.39 is 0 Å². The summed E-state index contributed by atoms with van der Waals surface area (Å²) >= 11 is 0. The van der Waals surface area contributed by atoms with Crippen molar-refractivity contribution in [1.29, 1.82) is 0 Å². The second-order valence-electron chi connectivity index (χ2n) is 4.57. The molecule has 1 heterocycles. The number of aromatic nitrogens is 3. The largest absolute Gasteiger partial charge is 0.324 e. The maximum atomic E-state index is 13.6. The molecule has 5 heteroatoms. The molecule has 1 aromatic carbocycles. The molecule has 0 aliphatic carbocycles. The fourth-order valence-electron chi connectivity index (χ4n) is 1.93. The van der Waals surface area contributed by atoms with E-state index in [2.05, 4.69) is 10.2 Å². The normalized spacial score (nSPS) is 11.2. The maximum Gasteiger partial charge on any atom is 0.164 e. The minimum Gasteiger partial charge on any atom is -0.324 e. The lowest BCUT2D eigenvalue weighted by Gasteiger charge is -2.13. The van der Waals surface area contributed by atoms with Crippen LogP contribution in [0, 0.1) is 12.7 Å². The Morgan fingerprint density at radius 2 is 2.06 bits per heavy atom. The van der Waals surface area contributed by atoms with Gasteiger partial charge in [0.05, 0.1) is 6.54 Å².